The van der Waals surface area contributed by atoms with Crippen molar-refractivity contribution in [2.45, 2.75) is 25.7 Å². The zero-order chi connectivity index (χ0) is 9.52. The Morgan fingerprint density at radius 3 is 2.77 bits per heavy atom. The molecule has 1 aliphatic rings. The molecule has 1 atom stereocenters. The van der Waals surface area contributed by atoms with Crippen molar-refractivity contribution >= 4 is 12.6 Å². The summed E-state index contributed by atoms with van der Waals surface area (Å²) in [6.45, 7) is 3.88. The van der Waals surface area contributed by atoms with E-state index in [2.05, 4.69) is 17.5 Å². The number of hydrogen-bond donors (Lipinski definition) is 2. The Kier molecular flexibility index (Phi) is 5.83. The lowest BCUT2D eigenvalue weighted by Gasteiger charge is -2.14. The third-order valence-electron chi connectivity index (χ3n) is 2.76. The van der Waals surface area contributed by atoms with E-state index in [0.29, 0.717) is 12.5 Å². The lowest BCUT2D eigenvalue weighted by atomic mass is 10.1. The van der Waals surface area contributed by atoms with Gasteiger partial charge in [-0.15, -0.1) is 0 Å². The average Bonchev–Trinajstić information content (AvgIpc) is 2.60. The van der Waals surface area contributed by atoms with Crippen LogP contribution in [0.5, 0.6) is 0 Å². The van der Waals surface area contributed by atoms with Crippen LogP contribution in [0.1, 0.15) is 25.7 Å². The summed E-state index contributed by atoms with van der Waals surface area (Å²) in [6, 6.07) is 0. The van der Waals surface area contributed by atoms with Gasteiger partial charge < -0.3 is 10.0 Å². The van der Waals surface area contributed by atoms with Gasteiger partial charge in [-0.1, -0.05) is 6.42 Å². The molecule has 0 amide bonds. The minimum Gasteiger partial charge on any atom is -0.396 e. The van der Waals surface area contributed by atoms with Gasteiger partial charge in [0.1, 0.15) is 0 Å². The first kappa shape index (κ1) is 11.3. The molecule has 78 valence electrons. The van der Waals surface area contributed by atoms with Gasteiger partial charge in [0.05, 0.1) is 0 Å². The van der Waals surface area contributed by atoms with E-state index in [1.165, 1.54) is 38.8 Å². The fourth-order valence-electron chi connectivity index (χ4n) is 1.89. The summed E-state index contributed by atoms with van der Waals surface area (Å²) in [5.74, 6) is 1.56. The van der Waals surface area contributed by atoms with Gasteiger partial charge in [0.25, 0.3) is 0 Å². The van der Waals surface area contributed by atoms with Crippen LogP contribution in [-0.4, -0.2) is 42.0 Å². The molecule has 1 unspecified atom stereocenters. The predicted octanol–water partition coefficient (Wildman–Crippen LogP) is 1.40. The van der Waals surface area contributed by atoms with E-state index in [1.807, 2.05) is 0 Å². The second kappa shape index (κ2) is 6.68. The van der Waals surface area contributed by atoms with Crippen LogP contribution >= 0.6 is 12.6 Å². The number of aliphatic hydroxyl groups excluding tert-OH is 1. The summed E-state index contributed by atoms with van der Waals surface area (Å²) in [6.07, 6.45) is 5.01. The van der Waals surface area contributed by atoms with Gasteiger partial charge in [0.2, 0.25) is 0 Å². The van der Waals surface area contributed by atoms with E-state index < -0.39 is 0 Å². The maximum Gasteiger partial charge on any atom is 0.0471 e. The van der Waals surface area contributed by atoms with Crippen LogP contribution in [-0.2, 0) is 0 Å². The van der Waals surface area contributed by atoms with Crippen molar-refractivity contribution in [2.24, 2.45) is 5.92 Å². The molecule has 2 nitrogen and oxygen atoms in total. The van der Waals surface area contributed by atoms with Crippen LogP contribution in [0.3, 0.4) is 0 Å². The molecular weight excluding hydrogens is 182 g/mol. The van der Waals surface area contributed by atoms with Gasteiger partial charge in [-0.3, -0.25) is 0 Å². The second-order valence-electron chi connectivity index (χ2n) is 3.92. The van der Waals surface area contributed by atoms with E-state index >= 15 is 0 Å². The highest BCUT2D eigenvalue weighted by atomic mass is 32.1. The lowest BCUT2D eigenvalue weighted by Crippen LogP contribution is -2.22. The standard InChI is InChI=1S/C10H21NOS/c12-9-10-4-6-11(8-10)5-2-1-3-7-13/h10,12-13H,1-9H2. The SMILES string of the molecule is OCC1CCN(CCCCCS)C1. The van der Waals surface area contributed by atoms with Gasteiger partial charge in [-0.25, -0.2) is 0 Å². The van der Waals surface area contributed by atoms with E-state index in [1.54, 1.807) is 0 Å². The van der Waals surface area contributed by atoms with Crippen molar-refractivity contribution in [3.8, 4) is 0 Å². The topological polar surface area (TPSA) is 23.5 Å². The first-order valence-electron chi connectivity index (χ1n) is 5.31. The molecule has 0 aromatic rings. The normalized spacial score (nSPS) is 24.0. The highest BCUT2D eigenvalue weighted by Crippen LogP contribution is 2.15. The molecule has 0 bridgehead atoms. The number of likely N-dealkylation sites (tertiary alicyclic amines) is 1. The van der Waals surface area contributed by atoms with E-state index in [-0.39, 0.29) is 0 Å². The van der Waals surface area contributed by atoms with Gasteiger partial charge in [-0.2, -0.15) is 12.6 Å². The van der Waals surface area contributed by atoms with Crippen molar-refractivity contribution < 1.29 is 5.11 Å². The minimum absolute atomic E-state index is 0.368. The number of thiol groups is 1. The molecule has 0 aliphatic carbocycles. The second-order valence-corrected chi connectivity index (χ2v) is 4.37. The lowest BCUT2D eigenvalue weighted by molar-refractivity contribution is 0.221. The Bertz CT molecular complexity index is 132. The molecule has 0 aromatic carbocycles. The van der Waals surface area contributed by atoms with Crippen LogP contribution in [0.2, 0.25) is 0 Å². The smallest absolute Gasteiger partial charge is 0.0471 e. The van der Waals surface area contributed by atoms with Gasteiger partial charge >= 0.3 is 0 Å². The Labute approximate surface area is 86.7 Å². The number of unbranched alkanes of at least 4 members (excludes halogenated alkanes) is 2. The van der Waals surface area contributed by atoms with Crippen LogP contribution in [0.15, 0.2) is 0 Å². The number of nitrogens with zero attached hydrogens (tertiary/aromatic N) is 1. The first-order chi connectivity index (χ1) is 6.36. The summed E-state index contributed by atoms with van der Waals surface area (Å²) in [5, 5.41) is 8.96. The molecule has 0 saturated carbocycles. The summed E-state index contributed by atoms with van der Waals surface area (Å²) >= 11 is 4.19. The third kappa shape index (κ3) is 4.34. The van der Waals surface area contributed by atoms with Crippen molar-refractivity contribution in [3.05, 3.63) is 0 Å². The molecule has 1 rings (SSSR count). The highest BCUT2D eigenvalue weighted by molar-refractivity contribution is 7.80. The first-order valence-corrected chi connectivity index (χ1v) is 5.94. The van der Waals surface area contributed by atoms with Crippen LogP contribution in [0.4, 0.5) is 0 Å². The fourth-order valence-corrected chi connectivity index (χ4v) is 2.11. The molecule has 0 spiro atoms. The Balaban J connectivity index is 1.97. The summed E-state index contributed by atoms with van der Waals surface area (Å²) < 4.78 is 0. The zero-order valence-electron chi connectivity index (χ0n) is 8.28. The predicted molar refractivity (Wildman–Crippen MR) is 59.3 cm³/mol. The quantitative estimate of drug-likeness (QED) is 0.503. The molecule has 1 heterocycles. The molecule has 0 aromatic heterocycles. The molecule has 0 radical (unpaired) electrons. The van der Waals surface area contributed by atoms with Crippen LogP contribution < -0.4 is 0 Å². The Hall–Kier alpha value is 0.270. The fraction of sp³-hybridized carbons (Fsp3) is 1.00. The maximum atomic E-state index is 8.96. The molecule has 13 heavy (non-hydrogen) atoms. The molecular formula is C10H21NOS. The monoisotopic (exact) mass is 203 g/mol. The van der Waals surface area contributed by atoms with Gasteiger partial charge in [-0.05, 0) is 44.0 Å². The highest BCUT2D eigenvalue weighted by Gasteiger charge is 2.20. The van der Waals surface area contributed by atoms with Crippen molar-refractivity contribution in [3.63, 3.8) is 0 Å². The molecule has 3 heteroatoms. The van der Waals surface area contributed by atoms with Gasteiger partial charge in [0, 0.05) is 13.2 Å². The Morgan fingerprint density at radius 2 is 2.15 bits per heavy atom. The Morgan fingerprint density at radius 1 is 1.31 bits per heavy atom. The van der Waals surface area contributed by atoms with Crippen LogP contribution in [0, 0.1) is 5.92 Å². The summed E-state index contributed by atoms with van der Waals surface area (Å²) in [5.41, 5.74) is 0. The summed E-state index contributed by atoms with van der Waals surface area (Å²) in [7, 11) is 0. The molecule has 1 saturated heterocycles. The largest absolute Gasteiger partial charge is 0.396 e. The third-order valence-corrected chi connectivity index (χ3v) is 3.08. The zero-order valence-corrected chi connectivity index (χ0v) is 9.18. The number of rotatable bonds is 6. The van der Waals surface area contributed by atoms with Gasteiger partial charge in [0.15, 0.2) is 0 Å². The number of aliphatic hydroxyl groups is 1. The average molecular weight is 203 g/mol. The van der Waals surface area contributed by atoms with Crippen molar-refractivity contribution in [1.82, 2.24) is 4.90 Å². The molecule has 1 fully saturated rings. The van der Waals surface area contributed by atoms with E-state index in [4.69, 9.17) is 5.11 Å². The minimum atomic E-state index is 0.368. The molecule has 1 aliphatic heterocycles. The molecule has 1 N–H and O–H groups in total. The summed E-state index contributed by atoms with van der Waals surface area (Å²) in [4.78, 5) is 2.47. The van der Waals surface area contributed by atoms with Crippen molar-refractivity contribution in [1.29, 1.82) is 0 Å². The van der Waals surface area contributed by atoms with E-state index in [0.717, 1.165) is 12.3 Å². The maximum absolute atomic E-state index is 8.96. The number of hydrogen-bond acceptors (Lipinski definition) is 3. The van der Waals surface area contributed by atoms with Crippen LogP contribution in [0.25, 0.3) is 0 Å². The van der Waals surface area contributed by atoms with E-state index in [9.17, 15) is 0 Å². The van der Waals surface area contributed by atoms with Crippen molar-refractivity contribution in [2.75, 3.05) is 32.0 Å².